The number of methoxy groups -OCH3 is 1. The van der Waals surface area contributed by atoms with Crippen LogP contribution in [0.5, 0.6) is 6.01 Å². The number of carbonyl (C=O) groups is 1. The van der Waals surface area contributed by atoms with Crippen molar-refractivity contribution in [1.82, 2.24) is 9.97 Å². The van der Waals surface area contributed by atoms with E-state index in [4.69, 9.17) is 4.74 Å². The van der Waals surface area contributed by atoms with Gasteiger partial charge in [-0.15, -0.1) is 0 Å². The second-order valence-electron chi connectivity index (χ2n) is 4.20. The minimum Gasteiger partial charge on any atom is -0.467 e. The van der Waals surface area contributed by atoms with E-state index in [1.165, 1.54) is 31.5 Å². The van der Waals surface area contributed by atoms with Gasteiger partial charge in [-0.2, -0.15) is 18.2 Å². The van der Waals surface area contributed by atoms with Crippen molar-refractivity contribution in [2.45, 2.75) is 10.4 Å². The summed E-state index contributed by atoms with van der Waals surface area (Å²) in [5, 5.41) is 0. The van der Waals surface area contributed by atoms with Gasteiger partial charge in [0.2, 0.25) is 5.78 Å². The van der Waals surface area contributed by atoms with Crippen LogP contribution in [0.3, 0.4) is 0 Å². The Hall–Kier alpha value is -2.09. The number of aromatic nitrogens is 2. The molecule has 4 nitrogen and oxygen atoms in total. The quantitative estimate of drug-likeness (QED) is 0.680. The lowest BCUT2D eigenvalue weighted by Crippen LogP contribution is -2.02. The molecule has 8 heteroatoms. The fraction of sp³-hybridized carbons (Fsp3) is 0.154. The van der Waals surface area contributed by atoms with Crippen molar-refractivity contribution in [3.8, 4) is 17.1 Å². The van der Waals surface area contributed by atoms with Gasteiger partial charge in [0.15, 0.2) is 0 Å². The number of halogens is 3. The average Bonchev–Trinajstić information content (AvgIpc) is 2.70. The number of benzene rings is 1. The van der Waals surface area contributed by atoms with Crippen molar-refractivity contribution in [1.29, 1.82) is 0 Å². The second kappa shape index (κ2) is 4.73. The van der Waals surface area contributed by atoms with Crippen molar-refractivity contribution in [3.63, 3.8) is 0 Å². The van der Waals surface area contributed by atoms with Crippen LogP contribution in [-0.4, -0.2) is 28.4 Å². The van der Waals surface area contributed by atoms with Gasteiger partial charge >= 0.3 is 11.5 Å². The largest absolute Gasteiger partial charge is 0.467 e. The van der Waals surface area contributed by atoms with E-state index in [2.05, 4.69) is 9.97 Å². The molecule has 1 aliphatic rings. The summed E-state index contributed by atoms with van der Waals surface area (Å²) < 4.78 is 42.0. The number of carbonyl (C=O) groups excluding carboxylic acids is 1. The number of hydrogen-bond donors (Lipinski definition) is 0. The zero-order valence-corrected chi connectivity index (χ0v) is 11.4. The van der Waals surface area contributed by atoms with Gasteiger partial charge < -0.3 is 4.74 Å². The fourth-order valence-electron chi connectivity index (χ4n) is 2.10. The molecule has 1 aliphatic carbocycles. The van der Waals surface area contributed by atoms with Crippen LogP contribution in [0, 0.1) is 0 Å². The zero-order chi connectivity index (χ0) is 15.2. The van der Waals surface area contributed by atoms with Crippen molar-refractivity contribution in [2.24, 2.45) is 0 Å². The molecule has 0 radical (unpaired) electrons. The molecule has 3 rings (SSSR count). The molecule has 0 spiro atoms. The van der Waals surface area contributed by atoms with Gasteiger partial charge in [0.05, 0.1) is 7.11 Å². The van der Waals surface area contributed by atoms with E-state index in [0.717, 1.165) is 0 Å². The molecule has 0 bridgehead atoms. The smallest absolute Gasteiger partial charge is 0.446 e. The lowest BCUT2D eigenvalue weighted by atomic mass is 10.1. The normalized spacial score (nSPS) is 13.0. The highest BCUT2D eigenvalue weighted by Crippen LogP contribution is 2.41. The molecule has 0 unspecified atom stereocenters. The number of nitrogens with zero attached hydrogens (tertiary/aromatic N) is 2. The average molecular weight is 312 g/mol. The van der Waals surface area contributed by atoms with E-state index < -0.39 is 11.3 Å². The third kappa shape index (κ3) is 2.46. The summed E-state index contributed by atoms with van der Waals surface area (Å²) in [6.07, 6.45) is 1.43. The number of thioether (sulfide) groups is 1. The predicted molar refractivity (Wildman–Crippen MR) is 69.4 cm³/mol. The predicted octanol–water partition coefficient (Wildman–Crippen LogP) is 3.31. The van der Waals surface area contributed by atoms with Crippen LogP contribution < -0.4 is 4.74 Å². The molecule has 0 atom stereocenters. The molecule has 1 aromatic heterocycles. The topological polar surface area (TPSA) is 52.1 Å². The third-order valence-electron chi connectivity index (χ3n) is 2.92. The lowest BCUT2D eigenvalue weighted by molar-refractivity contribution is -0.0328. The number of rotatable bonds is 2. The van der Waals surface area contributed by atoms with Crippen molar-refractivity contribution >= 4 is 17.5 Å². The fourth-order valence-corrected chi connectivity index (χ4v) is 2.69. The van der Waals surface area contributed by atoms with Crippen LogP contribution in [0.15, 0.2) is 29.3 Å². The van der Waals surface area contributed by atoms with E-state index >= 15 is 0 Å². The standard InChI is InChI=1S/C13H7F3N2O2S/c1-20-12-17-5-9-7-3-2-6(21-13(14,15)16)4-8(7)11(19)10(9)18-12/h2-5H,1H3. The molecule has 0 saturated heterocycles. The second-order valence-corrected chi connectivity index (χ2v) is 5.34. The first-order valence-corrected chi connectivity index (χ1v) is 6.56. The highest BCUT2D eigenvalue weighted by Gasteiger charge is 2.33. The maximum Gasteiger partial charge on any atom is 0.446 e. The van der Waals surface area contributed by atoms with Crippen molar-refractivity contribution in [2.75, 3.05) is 7.11 Å². The molecule has 21 heavy (non-hydrogen) atoms. The molecule has 108 valence electrons. The van der Waals surface area contributed by atoms with Crippen LogP contribution in [-0.2, 0) is 0 Å². The van der Waals surface area contributed by atoms with Gasteiger partial charge in [0.1, 0.15) is 5.69 Å². The Kier molecular flexibility index (Phi) is 3.12. The number of hydrogen-bond acceptors (Lipinski definition) is 5. The van der Waals surface area contributed by atoms with E-state index in [-0.39, 0.29) is 33.9 Å². The molecule has 1 aromatic carbocycles. The maximum absolute atomic E-state index is 12.4. The summed E-state index contributed by atoms with van der Waals surface area (Å²) in [5.41, 5.74) is -3.03. The van der Waals surface area contributed by atoms with Gasteiger partial charge in [-0.25, -0.2) is 4.98 Å². The Labute approximate surface area is 121 Å². The Morgan fingerprint density at radius 2 is 1.95 bits per heavy atom. The Bertz CT molecular complexity index is 747. The van der Waals surface area contributed by atoms with Crippen LogP contribution in [0.25, 0.3) is 11.1 Å². The van der Waals surface area contributed by atoms with Gasteiger partial charge in [-0.1, -0.05) is 6.07 Å². The first kappa shape index (κ1) is 13.9. The maximum atomic E-state index is 12.4. The number of alkyl halides is 3. The van der Waals surface area contributed by atoms with Crippen LogP contribution in [0.4, 0.5) is 13.2 Å². The summed E-state index contributed by atoms with van der Waals surface area (Å²) in [5.74, 6) is -0.426. The SMILES string of the molecule is COc1ncc2c(n1)C(=O)c1cc(SC(F)(F)F)ccc1-2. The highest BCUT2D eigenvalue weighted by atomic mass is 32.2. The van der Waals surface area contributed by atoms with Gasteiger partial charge in [0.25, 0.3) is 0 Å². The highest BCUT2D eigenvalue weighted by molar-refractivity contribution is 8.00. The summed E-state index contributed by atoms with van der Waals surface area (Å²) in [6.45, 7) is 0. The first-order valence-electron chi connectivity index (χ1n) is 5.75. The molecule has 0 fully saturated rings. The number of fused-ring (bicyclic) bond motifs is 3. The summed E-state index contributed by atoms with van der Waals surface area (Å²) in [4.78, 5) is 20.1. The van der Waals surface area contributed by atoms with Gasteiger partial charge in [-0.05, 0) is 29.5 Å². The van der Waals surface area contributed by atoms with Crippen LogP contribution in [0.1, 0.15) is 16.1 Å². The molecule has 0 N–H and O–H groups in total. The van der Waals surface area contributed by atoms with Crippen molar-refractivity contribution < 1.29 is 22.7 Å². The van der Waals surface area contributed by atoms with Crippen LogP contribution in [0.2, 0.25) is 0 Å². The molecule has 0 amide bonds. The van der Waals surface area contributed by atoms with Crippen molar-refractivity contribution in [3.05, 3.63) is 35.7 Å². The van der Waals surface area contributed by atoms with E-state index in [0.29, 0.717) is 11.1 Å². The Balaban J connectivity index is 2.06. The monoisotopic (exact) mass is 312 g/mol. The summed E-state index contributed by atoms with van der Waals surface area (Å²) in [6, 6.07) is 4.07. The molecular weight excluding hydrogens is 305 g/mol. The first-order chi connectivity index (χ1) is 9.89. The molecule has 2 aromatic rings. The third-order valence-corrected chi connectivity index (χ3v) is 3.64. The zero-order valence-electron chi connectivity index (χ0n) is 10.6. The molecule has 0 aliphatic heterocycles. The van der Waals surface area contributed by atoms with E-state index in [1.54, 1.807) is 0 Å². The molecule has 0 saturated carbocycles. The minimum absolute atomic E-state index is 0.0395. The number of ketones is 1. The summed E-state index contributed by atoms with van der Waals surface area (Å²) in [7, 11) is 1.37. The Morgan fingerprint density at radius 1 is 1.19 bits per heavy atom. The van der Waals surface area contributed by atoms with E-state index in [9.17, 15) is 18.0 Å². The van der Waals surface area contributed by atoms with E-state index in [1.807, 2.05) is 0 Å². The molecular formula is C13H7F3N2O2S. The minimum atomic E-state index is -4.40. The Morgan fingerprint density at radius 3 is 2.62 bits per heavy atom. The number of ether oxygens (including phenoxy) is 1. The lowest BCUT2D eigenvalue weighted by Gasteiger charge is -2.06. The van der Waals surface area contributed by atoms with Gasteiger partial charge in [0, 0.05) is 22.2 Å². The van der Waals surface area contributed by atoms with Gasteiger partial charge in [-0.3, -0.25) is 4.79 Å². The summed E-state index contributed by atoms with van der Waals surface area (Å²) >= 11 is -0.258. The molecule has 1 heterocycles. The van der Waals surface area contributed by atoms with Crippen LogP contribution >= 0.6 is 11.8 Å².